The summed E-state index contributed by atoms with van der Waals surface area (Å²) in [4.78, 5) is 16.5. The number of nitrogens with one attached hydrogen (secondary N) is 1. The molecule has 0 unspecified atom stereocenters. The summed E-state index contributed by atoms with van der Waals surface area (Å²) in [5, 5.41) is 11.1. The van der Waals surface area contributed by atoms with Crippen LogP contribution in [0.3, 0.4) is 0 Å². The van der Waals surface area contributed by atoms with Crippen LogP contribution in [0.15, 0.2) is 73.1 Å². The minimum absolute atomic E-state index is 0.264. The number of anilines is 1. The van der Waals surface area contributed by atoms with Crippen molar-refractivity contribution in [3.05, 3.63) is 84.5 Å². The average Bonchev–Trinajstić information content (AvgIpc) is 3.30. The van der Waals surface area contributed by atoms with E-state index in [0.29, 0.717) is 34.6 Å². The van der Waals surface area contributed by atoms with E-state index in [1.807, 2.05) is 23.8 Å². The smallest absolute Gasteiger partial charge is 0.248 e. The number of hydrogen-bond donors (Lipinski definition) is 1. The minimum atomic E-state index is -0.264. The molecular weight excluding hydrogens is 434 g/mol. The summed E-state index contributed by atoms with van der Waals surface area (Å²) in [6, 6.07) is 15.9. The molecule has 0 aliphatic heterocycles. The first-order valence-corrected chi connectivity index (χ1v) is 10.4. The Morgan fingerprint density at radius 3 is 2.41 bits per heavy atom. The van der Waals surface area contributed by atoms with Gasteiger partial charge in [-0.1, -0.05) is 6.07 Å². The zero-order valence-corrected chi connectivity index (χ0v) is 18.9. The summed E-state index contributed by atoms with van der Waals surface area (Å²) < 4.78 is 18.1. The number of nitrogens with zero attached hydrogens (tertiary/aromatic N) is 4. The van der Waals surface area contributed by atoms with Crippen molar-refractivity contribution in [1.82, 2.24) is 19.7 Å². The number of aromatic nitrogens is 4. The van der Waals surface area contributed by atoms with Gasteiger partial charge in [-0.05, 0) is 61.0 Å². The molecule has 0 radical (unpaired) electrons. The van der Waals surface area contributed by atoms with E-state index in [1.165, 1.54) is 6.08 Å². The lowest BCUT2D eigenvalue weighted by molar-refractivity contribution is -0.111. The molecule has 0 aliphatic rings. The maximum atomic E-state index is 12.3. The van der Waals surface area contributed by atoms with Crippen molar-refractivity contribution in [3.8, 4) is 28.9 Å². The molecule has 1 N–H and O–H groups in total. The predicted molar refractivity (Wildman–Crippen MR) is 128 cm³/mol. The van der Waals surface area contributed by atoms with E-state index >= 15 is 0 Å². The molecule has 9 nitrogen and oxygen atoms in total. The number of carbonyl (C=O) groups is 1. The van der Waals surface area contributed by atoms with E-state index in [9.17, 15) is 4.79 Å². The number of ether oxygens (including phenoxy) is 3. The second kappa shape index (κ2) is 10.3. The molecule has 0 atom stereocenters. The number of methoxy groups -OCH3 is 2. The molecule has 0 fully saturated rings. The van der Waals surface area contributed by atoms with Crippen LogP contribution in [0.25, 0.3) is 11.9 Å². The van der Waals surface area contributed by atoms with Crippen molar-refractivity contribution in [3.63, 3.8) is 0 Å². The Morgan fingerprint density at radius 1 is 0.971 bits per heavy atom. The normalized spacial score (nSPS) is 10.8. The molecule has 4 rings (SSSR count). The van der Waals surface area contributed by atoms with E-state index in [0.717, 1.165) is 11.4 Å². The van der Waals surface area contributed by atoms with Crippen LogP contribution in [0.1, 0.15) is 11.4 Å². The van der Waals surface area contributed by atoms with Crippen molar-refractivity contribution in [1.29, 1.82) is 0 Å². The van der Waals surface area contributed by atoms with Crippen LogP contribution < -0.4 is 19.5 Å². The van der Waals surface area contributed by atoms with E-state index in [1.54, 1.807) is 75.0 Å². The zero-order chi connectivity index (χ0) is 23.9. The molecule has 0 spiro atoms. The molecule has 2 aromatic carbocycles. The van der Waals surface area contributed by atoms with E-state index in [-0.39, 0.29) is 5.91 Å². The average molecular weight is 457 g/mol. The second-order valence-electron chi connectivity index (χ2n) is 7.14. The van der Waals surface area contributed by atoms with Crippen LogP contribution in [0.5, 0.6) is 23.1 Å². The van der Waals surface area contributed by atoms with Crippen LogP contribution in [-0.4, -0.2) is 39.9 Å². The van der Waals surface area contributed by atoms with Gasteiger partial charge in [-0.15, -0.1) is 10.2 Å². The van der Waals surface area contributed by atoms with E-state index < -0.39 is 0 Å². The highest BCUT2D eigenvalue weighted by molar-refractivity contribution is 6.02. The van der Waals surface area contributed by atoms with E-state index in [4.69, 9.17) is 14.2 Å². The highest BCUT2D eigenvalue weighted by Crippen LogP contribution is 2.28. The fourth-order valence-electron chi connectivity index (χ4n) is 3.16. The zero-order valence-electron chi connectivity index (χ0n) is 18.9. The summed E-state index contributed by atoms with van der Waals surface area (Å²) >= 11 is 0. The Morgan fingerprint density at radius 2 is 1.76 bits per heavy atom. The third-order valence-electron chi connectivity index (χ3n) is 4.88. The Labute approximate surface area is 196 Å². The number of aryl methyl sites for hydroxylation is 1. The monoisotopic (exact) mass is 457 g/mol. The van der Waals surface area contributed by atoms with Gasteiger partial charge in [-0.2, -0.15) is 0 Å². The van der Waals surface area contributed by atoms with Gasteiger partial charge in [0.15, 0.2) is 17.3 Å². The molecule has 9 heteroatoms. The number of benzene rings is 2. The molecule has 1 amide bonds. The number of amides is 1. The lowest BCUT2D eigenvalue weighted by Crippen LogP contribution is -2.07. The van der Waals surface area contributed by atoms with Gasteiger partial charge in [0, 0.05) is 30.2 Å². The van der Waals surface area contributed by atoms with Crippen molar-refractivity contribution in [2.75, 3.05) is 19.5 Å². The lowest BCUT2D eigenvalue weighted by Gasteiger charge is -2.08. The van der Waals surface area contributed by atoms with Crippen molar-refractivity contribution >= 4 is 17.7 Å². The number of rotatable bonds is 8. The summed E-state index contributed by atoms with van der Waals surface area (Å²) in [5.41, 5.74) is 1.44. The highest BCUT2D eigenvalue weighted by atomic mass is 16.5. The van der Waals surface area contributed by atoms with Gasteiger partial charge >= 0.3 is 0 Å². The molecule has 0 saturated heterocycles. The van der Waals surface area contributed by atoms with Gasteiger partial charge in [-0.25, -0.2) is 4.98 Å². The first-order chi connectivity index (χ1) is 16.6. The van der Waals surface area contributed by atoms with Gasteiger partial charge in [-0.3, -0.25) is 9.36 Å². The van der Waals surface area contributed by atoms with Crippen molar-refractivity contribution < 1.29 is 19.0 Å². The van der Waals surface area contributed by atoms with Crippen LogP contribution in [0.2, 0.25) is 0 Å². The first kappa shape index (κ1) is 22.5. The van der Waals surface area contributed by atoms with Gasteiger partial charge in [0.05, 0.1) is 14.2 Å². The van der Waals surface area contributed by atoms with Gasteiger partial charge in [0.2, 0.25) is 11.8 Å². The van der Waals surface area contributed by atoms with Crippen molar-refractivity contribution in [2.45, 2.75) is 6.92 Å². The third-order valence-corrected chi connectivity index (χ3v) is 4.88. The maximum Gasteiger partial charge on any atom is 0.248 e. The number of imidazole rings is 1. The highest BCUT2D eigenvalue weighted by Gasteiger charge is 2.06. The largest absolute Gasteiger partial charge is 0.493 e. The molecule has 2 heterocycles. The quantitative estimate of drug-likeness (QED) is 0.391. The summed E-state index contributed by atoms with van der Waals surface area (Å²) in [6.45, 7) is 1.89. The Hall–Kier alpha value is -4.66. The molecule has 4 aromatic rings. The van der Waals surface area contributed by atoms with Gasteiger partial charge < -0.3 is 19.5 Å². The summed E-state index contributed by atoms with van der Waals surface area (Å²) in [7, 11) is 3.14. The predicted octanol–water partition coefficient (Wildman–Crippen LogP) is 4.43. The molecule has 0 saturated carbocycles. The topological polar surface area (TPSA) is 100 Å². The summed E-state index contributed by atoms with van der Waals surface area (Å²) in [5.74, 6) is 3.36. The maximum absolute atomic E-state index is 12.3. The van der Waals surface area contributed by atoms with E-state index in [2.05, 4.69) is 20.5 Å². The van der Waals surface area contributed by atoms with Crippen LogP contribution in [-0.2, 0) is 4.79 Å². The van der Waals surface area contributed by atoms with Gasteiger partial charge in [0.25, 0.3) is 0 Å². The Balaban J connectivity index is 1.34. The second-order valence-corrected chi connectivity index (χ2v) is 7.14. The van der Waals surface area contributed by atoms with Crippen molar-refractivity contribution in [2.24, 2.45) is 0 Å². The summed E-state index contributed by atoms with van der Waals surface area (Å²) in [6.07, 6.45) is 6.66. The minimum Gasteiger partial charge on any atom is -0.493 e. The Bertz CT molecular complexity index is 1300. The molecular formula is C25H23N5O4. The molecule has 0 aliphatic carbocycles. The standard InChI is InChI=1S/C25H23N5O4/c1-17-26-14-15-30(17)23-11-13-25(29-28-23)34-20-8-6-19(7-9-20)27-24(31)12-5-18-4-10-21(32-2)22(16-18)33-3/h4-16H,1-3H3,(H,27,31)/b12-5+. The molecule has 34 heavy (non-hydrogen) atoms. The Kier molecular flexibility index (Phi) is 6.83. The van der Waals surface area contributed by atoms with Crippen LogP contribution in [0.4, 0.5) is 5.69 Å². The van der Waals surface area contributed by atoms with Gasteiger partial charge in [0.1, 0.15) is 11.6 Å². The lowest BCUT2D eigenvalue weighted by atomic mass is 10.2. The SMILES string of the molecule is COc1ccc(/C=C/C(=O)Nc2ccc(Oc3ccc(-n4ccnc4C)nn3)cc2)cc1OC. The number of carbonyl (C=O) groups excluding carboxylic acids is 1. The molecule has 0 bridgehead atoms. The molecule has 172 valence electrons. The molecule has 2 aromatic heterocycles. The first-order valence-electron chi connectivity index (χ1n) is 10.4. The third kappa shape index (κ3) is 5.39. The number of hydrogen-bond acceptors (Lipinski definition) is 7. The van der Waals surface area contributed by atoms with Crippen LogP contribution in [0, 0.1) is 6.92 Å². The van der Waals surface area contributed by atoms with Crippen LogP contribution >= 0.6 is 0 Å². The fraction of sp³-hybridized carbons (Fsp3) is 0.120. The fourth-order valence-corrected chi connectivity index (χ4v) is 3.16.